The topological polar surface area (TPSA) is 26.6 Å². The lowest BCUT2D eigenvalue weighted by Gasteiger charge is -2.23. The normalized spacial score (nSPS) is 16.4. The highest BCUT2D eigenvalue weighted by Gasteiger charge is 2.13. The number of fused-ring (bicyclic) bond motifs is 1. The molecule has 0 saturated carbocycles. The van der Waals surface area contributed by atoms with Gasteiger partial charge in [0.2, 0.25) is 5.88 Å². The van der Waals surface area contributed by atoms with Gasteiger partial charge in [-0.05, 0) is 37.8 Å². The molecule has 0 unspecified atom stereocenters. The van der Waals surface area contributed by atoms with Crippen LogP contribution in [0.25, 0.3) is 10.9 Å². The summed E-state index contributed by atoms with van der Waals surface area (Å²) >= 11 is 0. The quantitative estimate of drug-likeness (QED) is 0.920. The maximum absolute atomic E-state index is 5.87. The van der Waals surface area contributed by atoms with Crippen LogP contribution >= 0.6 is 0 Å². The number of quaternary nitrogens is 1. The molecule has 0 bridgehead atoms. The maximum atomic E-state index is 5.87. The van der Waals surface area contributed by atoms with Crippen LogP contribution in [-0.2, 0) is 0 Å². The third kappa shape index (κ3) is 3.10. The van der Waals surface area contributed by atoms with E-state index >= 15 is 0 Å². The summed E-state index contributed by atoms with van der Waals surface area (Å²) in [6.45, 7) is 6.57. The van der Waals surface area contributed by atoms with E-state index in [4.69, 9.17) is 4.74 Å². The van der Waals surface area contributed by atoms with Gasteiger partial charge in [-0.15, -0.1) is 0 Å². The van der Waals surface area contributed by atoms with E-state index in [-0.39, 0.29) is 0 Å². The van der Waals surface area contributed by atoms with Crippen molar-refractivity contribution >= 4 is 10.9 Å². The number of ether oxygens (including phenoxy) is 1. The van der Waals surface area contributed by atoms with Gasteiger partial charge in [0.25, 0.3) is 0 Å². The highest BCUT2D eigenvalue weighted by atomic mass is 16.5. The number of hydrogen-bond acceptors (Lipinski definition) is 2. The first-order valence-corrected chi connectivity index (χ1v) is 7.66. The number of aromatic nitrogens is 1. The third-order valence-corrected chi connectivity index (χ3v) is 4.17. The first-order chi connectivity index (χ1) is 9.83. The molecule has 2 aromatic rings. The lowest BCUT2D eigenvalue weighted by Crippen LogP contribution is -3.13. The number of nitrogens with zero attached hydrogens (tertiary/aromatic N) is 1. The summed E-state index contributed by atoms with van der Waals surface area (Å²) in [7, 11) is 0. The molecule has 3 nitrogen and oxygen atoms in total. The molecule has 1 aliphatic rings. The van der Waals surface area contributed by atoms with Crippen LogP contribution in [0.3, 0.4) is 0 Å². The fraction of sp³-hybridized carbons (Fsp3) is 0.471. The molecule has 0 atom stereocenters. The van der Waals surface area contributed by atoms with E-state index < -0.39 is 0 Å². The molecule has 20 heavy (non-hydrogen) atoms. The molecule has 3 rings (SSSR count). The zero-order valence-corrected chi connectivity index (χ0v) is 12.2. The summed E-state index contributed by atoms with van der Waals surface area (Å²) in [5.74, 6) is 0.762. The van der Waals surface area contributed by atoms with E-state index in [0.29, 0.717) is 0 Å². The van der Waals surface area contributed by atoms with Gasteiger partial charge in [0.1, 0.15) is 13.2 Å². The molecular weight excluding hydrogens is 248 g/mol. The summed E-state index contributed by atoms with van der Waals surface area (Å²) < 4.78 is 5.87. The van der Waals surface area contributed by atoms with Crippen molar-refractivity contribution < 1.29 is 9.64 Å². The van der Waals surface area contributed by atoms with E-state index in [2.05, 4.69) is 24.0 Å². The average molecular weight is 271 g/mol. The number of rotatable bonds is 4. The standard InChI is InChI=1S/C17H22N2O/c1-14-13-17(18-16-8-4-3-7-15(14)16)20-12-11-19-9-5-2-6-10-19/h3-4,7-8,13H,2,5-6,9-12H2,1H3/p+1. The Morgan fingerprint density at radius 2 is 1.95 bits per heavy atom. The Morgan fingerprint density at radius 1 is 1.15 bits per heavy atom. The summed E-state index contributed by atoms with van der Waals surface area (Å²) in [5, 5.41) is 1.21. The van der Waals surface area contributed by atoms with Crippen molar-refractivity contribution in [2.75, 3.05) is 26.2 Å². The summed E-state index contributed by atoms with van der Waals surface area (Å²) in [6, 6.07) is 10.3. The number of para-hydroxylation sites is 1. The van der Waals surface area contributed by atoms with Crippen LogP contribution in [0.4, 0.5) is 0 Å². The van der Waals surface area contributed by atoms with Gasteiger partial charge in [-0.25, -0.2) is 4.98 Å². The molecule has 0 spiro atoms. The summed E-state index contributed by atoms with van der Waals surface area (Å²) in [6.07, 6.45) is 4.13. The highest BCUT2D eigenvalue weighted by Crippen LogP contribution is 2.20. The molecule has 0 aliphatic carbocycles. The molecule has 1 aliphatic heterocycles. The smallest absolute Gasteiger partial charge is 0.214 e. The number of aryl methyl sites for hydroxylation is 1. The molecule has 1 saturated heterocycles. The monoisotopic (exact) mass is 271 g/mol. The lowest BCUT2D eigenvalue weighted by molar-refractivity contribution is -0.904. The molecule has 0 amide bonds. The second kappa shape index (κ2) is 6.23. The van der Waals surface area contributed by atoms with Crippen molar-refractivity contribution in [2.45, 2.75) is 26.2 Å². The minimum absolute atomic E-state index is 0.762. The first-order valence-electron chi connectivity index (χ1n) is 7.66. The second-order valence-electron chi connectivity index (χ2n) is 5.70. The molecule has 106 valence electrons. The van der Waals surface area contributed by atoms with E-state index in [1.165, 1.54) is 43.3 Å². The van der Waals surface area contributed by atoms with Gasteiger partial charge in [0.05, 0.1) is 18.6 Å². The van der Waals surface area contributed by atoms with E-state index in [1.54, 1.807) is 4.90 Å². The van der Waals surface area contributed by atoms with Crippen molar-refractivity contribution in [3.63, 3.8) is 0 Å². The van der Waals surface area contributed by atoms with Crippen LogP contribution in [0.2, 0.25) is 0 Å². The van der Waals surface area contributed by atoms with Crippen LogP contribution in [0.5, 0.6) is 5.88 Å². The van der Waals surface area contributed by atoms with Gasteiger partial charge in [0, 0.05) is 11.5 Å². The van der Waals surface area contributed by atoms with Crippen LogP contribution in [-0.4, -0.2) is 31.2 Å². The second-order valence-corrected chi connectivity index (χ2v) is 5.70. The van der Waals surface area contributed by atoms with Gasteiger partial charge in [-0.1, -0.05) is 18.2 Å². The molecule has 2 heterocycles. The minimum Gasteiger partial charge on any atom is -0.472 e. The molecule has 1 aromatic carbocycles. The summed E-state index contributed by atoms with van der Waals surface area (Å²) in [5.41, 5.74) is 2.25. The van der Waals surface area contributed by atoms with Crippen molar-refractivity contribution in [1.29, 1.82) is 0 Å². The van der Waals surface area contributed by atoms with Gasteiger partial charge in [0.15, 0.2) is 0 Å². The van der Waals surface area contributed by atoms with Crippen molar-refractivity contribution in [3.8, 4) is 5.88 Å². The van der Waals surface area contributed by atoms with Crippen LogP contribution in [0.1, 0.15) is 24.8 Å². The molecule has 1 aromatic heterocycles. The Kier molecular flexibility index (Phi) is 4.16. The highest BCUT2D eigenvalue weighted by molar-refractivity contribution is 5.82. The van der Waals surface area contributed by atoms with Gasteiger partial charge >= 0.3 is 0 Å². The van der Waals surface area contributed by atoms with E-state index in [9.17, 15) is 0 Å². The van der Waals surface area contributed by atoms with E-state index in [0.717, 1.165) is 24.5 Å². The maximum Gasteiger partial charge on any atom is 0.214 e. The van der Waals surface area contributed by atoms with Gasteiger partial charge in [-0.2, -0.15) is 0 Å². The fourth-order valence-corrected chi connectivity index (χ4v) is 2.99. The van der Waals surface area contributed by atoms with Gasteiger partial charge < -0.3 is 9.64 Å². The van der Waals surface area contributed by atoms with Crippen molar-refractivity contribution in [1.82, 2.24) is 4.98 Å². The Bertz CT molecular complexity index is 576. The predicted molar refractivity (Wildman–Crippen MR) is 81.4 cm³/mol. The third-order valence-electron chi connectivity index (χ3n) is 4.17. The zero-order chi connectivity index (χ0) is 13.8. The van der Waals surface area contributed by atoms with Crippen LogP contribution < -0.4 is 9.64 Å². The summed E-state index contributed by atoms with van der Waals surface area (Å²) in [4.78, 5) is 6.26. The molecule has 1 N–H and O–H groups in total. The predicted octanol–water partition coefficient (Wildman–Crippen LogP) is 1.99. The number of nitrogens with one attached hydrogen (secondary N) is 1. The number of hydrogen-bond donors (Lipinski definition) is 1. The number of piperidine rings is 1. The Hall–Kier alpha value is -1.61. The first kappa shape index (κ1) is 13.4. The number of likely N-dealkylation sites (tertiary alicyclic amines) is 1. The SMILES string of the molecule is Cc1cc(OCC[NH+]2CCCCC2)nc2ccccc12. The Labute approximate surface area is 120 Å². The molecule has 1 fully saturated rings. The zero-order valence-electron chi connectivity index (χ0n) is 12.2. The molecule has 3 heteroatoms. The fourth-order valence-electron chi connectivity index (χ4n) is 2.99. The Morgan fingerprint density at radius 3 is 2.80 bits per heavy atom. The average Bonchev–Trinajstić information content (AvgIpc) is 2.48. The van der Waals surface area contributed by atoms with Crippen molar-refractivity contribution in [3.05, 3.63) is 35.9 Å². The molecule has 0 radical (unpaired) electrons. The Balaban J connectivity index is 1.62. The number of benzene rings is 1. The van der Waals surface area contributed by atoms with Gasteiger partial charge in [-0.3, -0.25) is 0 Å². The number of pyridine rings is 1. The molecular formula is C17H23N2O+. The largest absolute Gasteiger partial charge is 0.472 e. The van der Waals surface area contributed by atoms with E-state index in [1.807, 2.05) is 18.2 Å². The van der Waals surface area contributed by atoms with Crippen molar-refractivity contribution in [2.24, 2.45) is 0 Å². The lowest BCUT2D eigenvalue weighted by atomic mass is 10.1. The van der Waals surface area contributed by atoms with Crippen LogP contribution in [0.15, 0.2) is 30.3 Å². The minimum atomic E-state index is 0.762. The van der Waals surface area contributed by atoms with Crippen LogP contribution in [0, 0.1) is 6.92 Å².